The standard InChI is InChI=1S/C28H25NO3/c1-2-3-16-32-18-14-12-17(13-15-18)29-27(30)25-23-19-8-4-5-9-20(19)24(26(25)28(29)31)22-11-7-6-10-21(22)23/h4-15,23-26H,2-3,16H2,1H3/t23?,24?,25-,26-/m1/s1. The number of unbranched alkanes of at least 4 members (excludes halogenated alkanes) is 1. The van der Waals surface area contributed by atoms with Gasteiger partial charge in [0.15, 0.2) is 0 Å². The molecule has 2 amide bonds. The lowest BCUT2D eigenvalue weighted by molar-refractivity contribution is -0.122. The zero-order chi connectivity index (χ0) is 21.8. The third kappa shape index (κ3) is 2.62. The minimum Gasteiger partial charge on any atom is -0.494 e. The molecule has 160 valence electrons. The van der Waals surface area contributed by atoms with Crippen LogP contribution in [-0.4, -0.2) is 18.4 Å². The van der Waals surface area contributed by atoms with Gasteiger partial charge >= 0.3 is 0 Å². The lowest BCUT2D eigenvalue weighted by Crippen LogP contribution is -2.41. The molecule has 7 rings (SSSR count). The Bertz CT molecular complexity index is 1100. The molecule has 3 aliphatic carbocycles. The fourth-order valence-electron chi connectivity index (χ4n) is 5.96. The summed E-state index contributed by atoms with van der Waals surface area (Å²) in [6.45, 7) is 2.79. The van der Waals surface area contributed by atoms with Gasteiger partial charge in [-0.3, -0.25) is 9.59 Å². The molecule has 1 heterocycles. The van der Waals surface area contributed by atoms with Crippen LogP contribution in [-0.2, 0) is 9.59 Å². The summed E-state index contributed by atoms with van der Waals surface area (Å²) in [4.78, 5) is 28.9. The van der Waals surface area contributed by atoms with Gasteiger partial charge in [0.25, 0.3) is 0 Å². The minimum absolute atomic E-state index is 0.0736. The predicted octanol–water partition coefficient (Wildman–Crippen LogP) is 5.26. The molecule has 0 saturated carbocycles. The molecule has 0 radical (unpaired) electrons. The topological polar surface area (TPSA) is 46.6 Å². The van der Waals surface area contributed by atoms with Crippen LogP contribution in [0.15, 0.2) is 72.8 Å². The van der Waals surface area contributed by atoms with Gasteiger partial charge in [-0.15, -0.1) is 0 Å². The SMILES string of the molecule is CCCCOc1ccc(N2C(=O)[C@@H]3C4c5ccccc5C(c5ccccc54)[C@H]3C2=O)cc1. The molecule has 0 N–H and O–H groups in total. The van der Waals surface area contributed by atoms with Crippen LogP contribution in [0, 0.1) is 11.8 Å². The Morgan fingerprint density at radius 2 is 1.19 bits per heavy atom. The molecular weight excluding hydrogens is 398 g/mol. The number of benzene rings is 3. The van der Waals surface area contributed by atoms with Crippen LogP contribution < -0.4 is 9.64 Å². The van der Waals surface area contributed by atoms with E-state index in [1.807, 2.05) is 48.5 Å². The molecule has 3 aromatic carbocycles. The lowest BCUT2D eigenvalue weighted by Gasteiger charge is -2.45. The number of ether oxygens (including phenoxy) is 1. The van der Waals surface area contributed by atoms with Crippen molar-refractivity contribution >= 4 is 17.5 Å². The van der Waals surface area contributed by atoms with Crippen LogP contribution in [0.4, 0.5) is 5.69 Å². The summed E-state index contributed by atoms with van der Waals surface area (Å²) in [5, 5.41) is 0. The number of imide groups is 1. The normalized spacial score (nSPS) is 24.8. The van der Waals surface area contributed by atoms with Crippen LogP contribution in [0.1, 0.15) is 53.9 Å². The van der Waals surface area contributed by atoms with E-state index in [0.29, 0.717) is 12.3 Å². The van der Waals surface area contributed by atoms with Crippen molar-refractivity contribution in [2.24, 2.45) is 11.8 Å². The second-order valence-corrected chi connectivity index (χ2v) is 8.97. The molecule has 1 fully saturated rings. The van der Waals surface area contributed by atoms with E-state index in [4.69, 9.17) is 4.74 Å². The molecule has 1 saturated heterocycles. The Hall–Kier alpha value is -3.40. The predicted molar refractivity (Wildman–Crippen MR) is 123 cm³/mol. The van der Waals surface area contributed by atoms with Crippen LogP contribution in [0.3, 0.4) is 0 Å². The van der Waals surface area contributed by atoms with E-state index < -0.39 is 0 Å². The molecule has 2 atom stereocenters. The average Bonchev–Trinajstić information content (AvgIpc) is 3.10. The summed E-state index contributed by atoms with van der Waals surface area (Å²) >= 11 is 0. The first-order valence-corrected chi connectivity index (χ1v) is 11.5. The maximum atomic E-state index is 13.7. The van der Waals surface area contributed by atoms with Crippen LogP contribution in [0.5, 0.6) is 5.75 Å². The van der Waals surface area contributed by atoms with Crippen LogP contribution in [0.2, 0.25) is 0 Å². The Morgan fingerprint density at radius 1 is 0.719 bits per heavy atom. The quantitative estimate of drug-likeness (QED) is 0.415. The number of amides is 2. The largest absolute Gasteiger partial charge is 0.494 e. The molecule has 0 unspecified atom stereocenters. The van der Waals surface area contributed by atoms with Crippen LogP contribution >= 0.6 is 0 Å². The van der Waals surface area contributed by atoms with Crippen molar-refractivity contribution in [1.82, 2.24) is 0 Å². The molecular formula is C28H25NO3. The molecule has 1 aliphatic heterocycles. The Balaban J connectivity index is 1.39. The third-order valence-electron chi connectivity index (χ3n) is 7.31. The highest BCUT2D eigenvalue weighted by Crippen LogP contribution is 2.61. The third-order valence-corrected chi connectivity index (χ3v) is 7.31. The van der Waals surface area contributed by atoms with Gasteiger partial charge in [-0.25, -0.2) is 4.90 Å². The molecule has 0 aromatic heterocycles. The molecule has 4 aliphatic rings. The zero-order valence-corrected chi connectivity index (χ0v) is 18.0. The highest BCUT2D eigenvalue weighted by molar-refractivity contribution is 6.23. The number of carbonyl (C=O) groups is 2. The van der Waals surface area contributed by atoms with Gasteiger partial charge in [-0.1, -0.05) is 61.9 Å². The van der Waals surface area contributed by atoms with Crippen LogP contribution in [0.25, 0.3) is 0 Å². The lowest BCUT2D eigenvalue weighted by atomic mass is 9.55. The van der Waals surface area contributed by atoms with Crippen molar-refractivity contribution in [1.29, 1.82) is 0 Å². The highest BCUT2D eigenvalue weighted by Gasteiger charge is 2.61. The number of rotatable bonds is 5. The van der Waals surface area contributed by atoms with Gasteiger partial charge in [0.05, 0.1) is 24.1 Å². The first-order chi connectivity index (χ1) is 15.7. The second kappa shape index (κ2) is 7.33. The number of hydrogen-bond acceptors (Lipinski definition) is 3. The van der Waals surface area contributed by atoms with Gasteiger partial charge in [0.2, 0.25) is 11.8 Å². The van der Waals surface area contributed by atoms with E-state index in [0.717, 1.165) is 18.6 Å². The average molecular weight is 424 g/mol. The van der Waals surface area contributed by atoms with E-state index in [9.17, 15) is 9.59 Å². The Labute approximate surface area is 187 Å². The van der Waals surface area contributed by atoms with E-state index in [-0.39, 0.29) is 35.5 Å². The Morgan fingerprint density at radius 3 is 1.62 bits per heavy atom. The fourth-order valence-corrected chi connectivity index (χ4v) is 5.96. The maximum Gasteiger partial charge on any atom is 0.238 e. The Kier molecular flexibility index (Phi) is 4.42. The number of anilines is 1. The van der Waals surface area contributed by atoms with E-state index in [1.165, 1.54) is 27.2 Å². The summed E-state index contributed by atoms with van der Waals surface area (Å²) in [5.74, 6) is -0.252. The van der Waals surface area contributed by atoms with Gasteiger partial charge in [0, 0.05) is 11.8 Å². The van der Waals surface area contributed by atoms with E-state index >= 15 is 0 Å². The van der Waals surface area contributed by atoms with E-state index in [1.54, 1.807) is 0 Å². The summed E-state index contributed by atoms with van der Waals surface area (Å²) in [6, 6.07) is 24.0. The van der Waals surface area contributed by atoms with Gasteiger partial charge < -0.3 is 4.74 Å². The molecule has 4 heteroatoms. The molecule has 3 aromatic rings. The molecule has 4 nitrogen and oxygen atoms in total. The van der Waals surface area contributed by atoms with Crippen molar-refractivity contribution in [3.05, 3.63) is 95.1 Å². The number of carbonyl (C=O) groups excluding carboxylic acids is 2. The van der Waals surface area contributed by atoms with Crippen molar-refractivity contribution in [2.45, 2.75) is 31.6 Å². The first-order valence-electron chi connectivity index (χ1n) is 11.5. The fraction of sp³-hybridized carbons (Fsp3) is 0.286. The molecule has 2 bridgehead atoms. The van der Waals surface area contributed by atoms with Crippen molar-refractivity contribution in [2.75, 3.05) is 11.5 Å². The zero-order valence-electron chi connectivity index (χ0n) is 18.0. The van der Waals surface area contributed by atoms with E-state index in [2.05, 4.69) is 31.2 Å². The summed E-state index contributed by atoms with van der Waals surface area (Å²) in [6.07, 6.45) is 2.07. The van der Waals surface area contributed by atoms with Crippen molar-refractivity contribution < 1.29 is 14.3 Å². The highest BCUT2D eigenvalue weighted by atomic mass is 16.5. The summed E-state index contributed by atoms with van der Waals surface area (Å²) in [7, 11) is 0. The monoisotopic (exact) mass is 423 g/mol. The number of hydrogen-bond donors (Lipinski definition) is 0. The molecule has 0 spiro atoms. The van der Waals surface area contributed by atoms with Gasteiger partial charge in [0.1, 0.15) is 5.75 Å². The second-order valence-electron chi connectivity index (χ2n) is 8.97. The summed E-state index contributed by atoms with van der Waals surface area (Å²) < 4.78 is 5.75. The minimum atomic E-state index is -0.349. The van der Waals surface area contributed by atoms with Crippen molar-refractivity contribution in [3.63, 3.8) is 0 Å². The first kappa shape index (κ1) is 19.3. The van der Waals surface area contributed by atoms with Crippen molar-refractivity contribution in [3.8, 4) is 5.75 Å². The smallest absolute Gasteiger partial charge is 0.238 e. The van der Waals surface area contributed by atoms with Gasteiger partial charge in [-0.2, -0.15) is 0 Å². The van der Waals surface area contributed by atoms with Gasteiger partial charge in [-0.05, 0) is 52.9 Å². The summed E-state index contributed by atoms with van der Waals surface area (Å²) in [5.41, 5.74) is 5.41. The molecule has 32 heavy (non-hydrogen) atoms. The maximum absolute atomic E-state index is 13.7. The number of nitrogens with zero attached hydrogens (tertiary/aromatic N) is 1.